The molecular weight excluding hydrogens is 349 g/mol. The summed E-state index contributed by atoms with van der Waals surface area (Å²) in [4.78, 5) is 2.33. The van der Waals surface area contributed by atoms with Crippen LogP contribution in [0.1, 0.15) is 5.56 Å². The number of anilines is 3. The SMILES string of the molecule is COc1cc(C)ccc1N1c2ccccc2[Se]c2ccccc21. The second-order valence-corrected chi connectivity index (χ2v) is 7.82. The van der Waals surface area contributed by atoms with Crippen LogP contribution in [0, 0.1) is 6.92 Å². The van der Waals surface area contributed by atoms with Crippen LogP contribution in [-0.2, 0) is 0 Å². The summed E-state index contributed by atoms with van der Waals surface area (Å²) in [6.07, 6.45) is 0. The van der Waals surface area contributed by atoms with Crippen LogP contribution in [0.4, 0.5) is 17.1 Å². The molecule has 0 saturated heterocycles. The van der Waals surface area contributed by atoms with Crippen molar-refractivity contribution in [2.24, 2.45) is 0 Å². The van der Waals surface area contributed by atoms with Crippen LogP contribution in [0.25, 0.3) is 0 Å². The van der Waals surface area contributed by atoms with E-state index in [2.05, 4.69) is 78.6 Å². The average molecular weight is 366 g/mol. The minimum atomic E-state index is 0.335. The molecule has 0 unspecified atom stereocenters. The van der Waals surface area contributed by atoms with Crippen molar-refractivity contribution in [3.05, 3.63) is 72.3 Å². The van der Waals surface area contributed by atoms with Crippen molar-refractivity contribution >= 4 is 40.9 Å². The summed E-state index contributed by atoms with van der Waals surface area (Å²) in [6.45, 7) is 2.09. The Bertz CT molecular complexity index is 830. The molecule has 0 amide bonds. The number of para-hydroxylation sites is 2. The van der Waals surface area contributed by atoms with E-state index in [0.717, 1.165) is 11.4 Å². The summed E-state index contributed by atoms with van der Waals surface area (Å²) in [5, 5.41) is 0. The number of aryl methyl sites for hydroxylation is 1. The molecule has 1 aliphatic heterocycles. The van der Waals surface area contributed by atoms with Gasteiger partial charge in [0.15, 0.2) is 0 Å². The third-order valence-electron chi connectivity index (χ3n) is 4.01. The Labute approximate surface area is 142 Å². The van der Waals surface area contributed by atoms with Gasteiger partial charge in [-0.25, -0.2) is 0 Å². The van der Waals surface area contributed by atoms with Gasteiger partial charge in [-0.05, 0) is 0 Å². The van der Waals surface area contributed by atoms with Gasteiger partial charge in [0.25, 0.3) is 0 Å². The third kappa shape index (κ3) is 2.42. The van der Waals surface area contributed by atoms with Gasteiger partial charge in [0.05, 0.1) is 0 Å². The van der Waals surface area contributed by atoms with Gasteiger partial charge in [0.1, 0.15) is 0 Å². The number of ether oxygens (including phenoxy) is 1. The van der Waals surface area contributed by atoms with Gasteiger partial charge in [0.2, 0.25) is 0 Å². The topological polar surface area (TPSA) is 12.5 Å². The molecule has 0 spiro atoms. The fourth-order valence-electron chi connectivity index (χ4n) is 2.93. The number of hydrogen-bond acceptors (Lipinski definition) is 2. The molecule has 3 aromatic rings. The van der Waals surface area contributed by atoms with Crippen molar-refractivity contribution in [2.75, 3.05) is 12.0 Å². The van der Waals surface area contributed by atoms with E-state index in [0.29, 0.717) is 15.0 Å². The number of methoxy groups -OCH3 is 1. The number of hydrogen-bond donors (Lipinski definition) is 0. The maximum absolute atomic E-state index is 5.67. The second-order valence-electron chi connectivity index (χ2n) is 5.55. The van der Waals surface area contributed by atoms with Crippen molar-refractivity contribution in [1.29, 1.82) is 0 Å². The molecule has 0 atom stereocenters. The Morgan fingerprint density at radius 1 is 0.783 bits per heavy atom. The van der Waals surface area contributed by atoms with E-state index >= 15 is 0 Å². The van der Waals surface area contributed by atoms with Gasteiger partial charge < -0.3 is 0 Å². The molecule has 0 bridgehead atoms. The zero-order valence-corrected chi connectivity index (χ0v) is 14.8. The van der Waals surface area contributed by atoms with E-state index in [-0.39, 0.29) is 0 Å². The minimum absolute atomic E-state index is 0.335. The molecule has 23 heavy (non-hydrogen) atoms. The first-order valence-electron chi connectivity index (χ1n) is 7.58. The molecule has 3 heteroatoms. The molecular formula is C20H17NOSe. The molecule has 0 fully saturated rings. The molecule has 114 valence electrons. The van der Waals surface area contributed by atoms with Gasteiger partial charge >= 0.3 is 143 Å². The second kappa shape index (κ2) is 5.77. The maximum atomic E-state index is 5.67. The van der Waals surface area contributed by atoms with Crippen LogP contribution in [-0.4, -0.2) is 22.1 Å². The van der Waals surface area contributed by atoms with E-state index in [9.17, 15) is 0 Å². The van der Waals surface area contributed by atoms with Crippen LogP contribution >= 0.6 is 0 Å². The van der Waals surface area contributed by atoms with Gasteiger partial charge in [0, 0.05) is 0 Å². The van der Waals surface area contributed by atoms with Crippen LogP contribution in [0.15, 0.2) is 66.7 Å². The standard InChI is InChI=1S/C20H17NOSe/c1-14-11-12-15(18(13-14)22-2)21-16-7-3-5-9-19(16)23-20-10-6-4-8-17(20)21/h3-13H,1-2H3. The number of fused-ring (bicyclic) bond motifs is 2. The van der Waals surface area contributed by atoms with Gasteiger partial charge in [-0.1, -0.05) is 0 Å². The summed E-state index contributed by atoms with van der Waals surface area (Å²) in [5.41, 5.74) is 4.81. The summed E-state index contributed by atoms with van der Waals surface area (Å²) < 4.78 is 8.48. The van der Waals surface area contributed by atoms with Crippen molar-refractivity contribution in [2.45, 2.75) is 6.92 Å². The van der Waals surface area contributed by atoms with Crippen LogP contribution in [0.3, 0.4) is 0 Å². The van der Waals surface area contributed by atoms with E-state index in [1.807, 2.05) is 0 Å². The normalized spacial score (nSPS) is 12.5. The third-order valence-corrected chi connectivity index (χ3v) is 6.38. The van der Waals surface area contributed by atoms with Crippen molar-refractivity contribution < 1.29 is 4.74 Å². The molecule has 1 aliphatic rings. The Balaban J connectivity index is 1.98. The Morgan fingerprint density at radius 3 is 2.00 bits per heavy atom. The molecule has 2 nitrogen and oxygen atoms in total. The first-order valence-corrected chi connectivity index (χ1v) is 9.30. The van der Waals surface area contributed by atoms with Gasteiger partial charge in [-0.15, -0.1) is 0 Å². The van der Waals surface area contributed by atoms with Crippen LogP contribution in [0.5, 0.6) is 5.75 Å². The summed E-state index contributed by atoms with van der Waals surface area (Å²) in [7, 11) is 1.74. The van der Waals surface area contributed by atoms with Gasteiger partial charge in [-0.2, -0.15) is 0 Å². The first-order chi connectivity index (χ1) is 11.3. The van der Waals surface area contributed by atoms with Gasteiger partial charge in [-0.3, -0.25) is 0 Å². The van der Waals surface area contributed by atoms with Crippen LogP contribution < -0.4 is 18.6 Å². The predicted octanol–water partition coefficient (Wildman–Crippen LogP) is 3.44. The quantitative estimate of drug-likeness (QED) is 0.504. The molecule has 3 aromatic carbocycles. The fraction of sp³-hybridized carbons (Fsp3) is 0.100. The molecule has 0 aliphatic carbocycles. The molecule has 0 saturated carbocycles. The number of rotatable bonds is 2. The molecule has 0 aromatic heterocycles. The summed E-state index contributed by atoms with van der Waals surface area (Å²) in [6, 6.07) is 23.7. The molecule has 1 heterocycles. The zero-order valence-electron chi connectivity index (χ0n) is 13.1. The van der Waals surface area contributed by atoms with Crippen molar-refractivity contribution in [1.82, 2.24) is 0 Å². The van der Waals surface area contributed by atoms with Crippen LogP contribution in [0.2, 0.25) is 0 Å². The fourth-order valence-corrected chi connectivity index (χ4v) is 5.15. The van der Waals surface area contributed by atoms with E-state index in [1.54, 1.807) is 7.11 Å². The molecule has 0 radical (unpaired) electrons. The van der Waals surface area contributed by atoms with Crippen molar-refractivity contribution in [3.8, 4) is 5.75 Å². The summed E-state index contributed by atoms with van der Waals surface area (Å²) in [5.74, 6) is 0.906. The molecule has 4 rings (SSSR count). The Morgan fingerprint density at radius 2 is 1.39 bits per heavy atom. The zero-order chi connectivity index (χ0) is 15.8. The predicted molar refractivity (Wildman–Crippen MR) is 97.4 cm³/mol. The summed E-state index contributed by atoms with van der Waals surface area (Å²) >= 11 is 0.335. The van der Waals surface area contributed by atoms with Crippen molar-refractivity contribution in [3.63, 3.8) is 0 Å². The first kappa shape index (κ1) is 14.4. The average Bonchev–Trinajstić information content (AvgIpc) is 2.60. The Hall–Kier alpha value is -2.22. The number of nitrogens with zero attached hydrogens (tertiary/aromatic N) is 1. The Kier molecular flexibility index (Phi) is 3.60. The number of benzene rings is 3. The molecule has 0 N–H and O–H groups in total. The van der Waals surface area contributed by atoms with E-state index < -0.39 is 0 Å². The van der Waals surface area contributed by atoms with E-state index in [1.165, 1.54) is 25.9 Å². The van der Waals surface area contributed by atoms with E-state index in [4.69, 9.17) is 4.74 Å². The monoisotopic (exact) mass is 367 g/mol.